The molecule has 9 heavy (non-hydrogen) atoms. The summed E-state index contributed by atoms with van der Waals surface area (Å²) in [6.07, 6.45) is -0.502. The van der Waals surface area contributed by atoms with Crippen molar-refractivity contribution in [1.29, 1.82) is 0 Å². The van der Waals surface area contributed by atoms with Gasteiger partial charge in [-0.25, -0.2) is 4.99 Å². The fourth-order valence-corrected chi connectivity index (χ4v) is 0.452. The first kappa shape index (κ1) is 3.31. The molecule has 0 radical (unpaired) electrons. The third kappa shape index (κ3) is 1.81. The van der Waals surface area contributed by atoms with Crippen molar-refractivity contribution in [2.24, 2.45) is 9.98 Å². The molecule has 0 amide bonds. The van der Waals surface area contributed by atoms with E-state index in [0.29, 0.717) is 0 Å². The Morgan fingerprint density at radius 1 is 2.00 bits per heavy atom. The molecule has 1 atom stereocenters. The lowest BCUT2D eigenvalue weighted by Gasteiger charge is -2.16. The maximum absolute atomic E-state index is 8.56. The maximum Gasteiger partial charge on any atom is 0.113 e. The average molecular weight is 130 g/mol. The summed E-state index contributed by atoms with van der Waals surface area (Å²) in [4.78, 5) is 8.11. The van der Waals surface area contributed by atoms with Gasteiger partial charge in [-0.15, -0.1) is 0 Å². The predicted octanol–water partition coefficient (Wildman–Crippen LogP) is -0.692. The zero-order valence-electron chi connectivity index (χ0n) is 7.78. The molecule has 0 fully saturated rings. The average Bonchev–Trinajstić information content (AvgIpc) is 1.96. The summed E-state index contributed by atoms with van der Waals surface area (Å²) >= 11 is 0. The van der Waals surface area contributed by atoms with Crippen LogP contribution >= 0.6 is 0 Å². The quantitative estimate of drug-likeness (QED) is 0.537. The van der Waals surface area contributed by atoms with Crippen LogP contribution in [0, 0.1) is 0 Å². The van der Waals surface area contributed by atoms with Crippen molar-refractivity contribution in [2.75, 3.05) is 19.8 Å². The molecule has 0 aromatic heterocycles. The van der Waals surface area contributed by atoms with Gasteiger partial charge in [0.05, 0.1) is 14.3 Å². The molecule has 0 saturated heterocycles. The minimum Gasteiger partial charge on any atom is -0.395 e. The van der Waals surface area contributed by atoms with Gasteiger partial charge in [0, 0.05) is 6.54 Å². The molecule has 4 heteroatoms. The lowest BCUT2D eigenvalue weighted by atomic mass is 10.6. The van der Waals surface area contributed by atoms with E-state index in [4.69, 9.17) is 9.22 Å². The van der Waals surface area contributed by atoms with Crippen molar-refractivity contribution < 1.29 is 9.22 Å². The lowest BCUT2D eigenvalue weighted by molar-refractivity contribution is 0.254. The topological polar surface area (TPSA) is 48.2 Å². The zero-order chi connectivity index (χ0) is 9.14. The molecule has 1 aliphatic rings. The van der Waals surface area contributed by atoms with Gasteiger partial charge in [-0.2, -0.15) is 0 Å². The number of nitrogens with zero attached hydrogens (tertiary/aromatic N) is 3. The normalized spacial score (nSPS) is 31.9. The fraction of sp³-hybridized carbons (Fsp3) is 0.600. The van der Waals surface area contributed by atoms with E-state index in [9.17, 15) is 0 Å². The molecule has 0 bridgehead atoms. The van der Waals surface area contributed by atoms with Crippen LogP contribution in [0.4, 0.5) is 0 Å². The minimum atomic E-state index is -1.02. The van der Waals surface area contributed by atoms with Gasteiger partial charge in [0.25, 0.3) is 0 Å². The minimum absolute atomic E-state index is 0.146. The Labute approximate surface area is 57.8 Å². The zero-order valence-corrected chi connectivity index (χ0v) is 4.78. The SMILES string of the molecule is [2H]C1=NC([2H])N(CCO)C([2H])=N1. The first-order valence-electron chi connectivity index (χ1n) is 4.12. The van der Waals surface area contributed by atoms with E-state index in [0.717, 1.165) is 0 Å². The van der Waals surface area contributed by atoms with Crippen molar-refractivity contribution in [1.82, 2.24) is 4.90 Å². The second-order valence-electron chi connectivity index (χ2n) is 1.47. The van der Waals surface area contributed by atoms with Crippen LogP contribution in [0.25, 0.3) is 0 Å². The standard InChI is InChI=1S/C5H9N3O/c9-2-1-8-4-6-3-7-5-8/h3-4,9H,1-2,5H2/i3D,4D,5D. The summed E-state index contributed by atoms with van der Waals surface area (Å²) in [7, 11) is 0. The Kier molecular flexibility index (Phi) is 1.17. The van der Waals surface area contributed by atoms with Crippen molar-refractivity contribution >= 4 is 12.6 Å². The first-order chi connectivity index (χ1) is 5.65. The Hall–Kier alpha value is -0.900. The maximum atomic E-state index is 8.56. The van der Waals surface area contributed by atoms with E-state index in [1.54, 1.807) is 0 Å². The third-order valence-electron chi connectivity index (χ3n) is 0.824. The smallest absolute Gasteiger partial charge is 0.113 e. The Morgan fingerprint density at radius 3 is 3.56 bits per heavy atom. The van der Waals surface area contributed by atoms with Gasteiger partial charge in [0.1, 0.15) is 15.7 Å². The van der Waals surface area contributed by atoms with Gasteiger partial charge < -0.3 is 10.0 Å². The van der Waals surface area contributed by atoms with Gasteiger partial charge in [-0.3, -0.25) is 4.99 Å². The number of hydrogen-bond donors (Lipinski definition) is 1. The molecular formula is C5H9N3O. The number of hydrogen-bond acceptors (Lipinski definition) is 4. The monoisotopic (exact) mass is 130 g/mol. The number of aliphatic hydroxyl groups excluding tert-OH is 1. The third-order valence-corrected chi connectivity index (χ3v) is 0.824. The van der Waals surface area contributed by atoms with Crippen LogP contribution in [0.1, 0.15) is 4.11 Å². The Bertz CT molecular complexity index is 230. The Balaban J connectivity index is 2.72. The molecule has 1 heterocycles. The number of aliphatic hydroxyl groups is 1. The van der Waals surface area contributed by atoms with Gasteiger partial charge in [-0.05, 0) is 0 Å². The number of aliphatic imine (C=N–C) groups is 2. The van der Waals surface area contributed by atoms with Crippen molar-refractivity contribution in [3.8, 4) is 0 Å². The second-order valence-corrected chi connectivity index (χ2v) is 1.47. The van der Waals surface area contributed by atoms with Crippen LogP contribution in [0.15, 0.2) is 9.98 Å². The van der Waals surface area contributed by atoms with Crippen molar-refractivity contribution in [3.63, 3.8) is 0 Å². The number of amidine groups is 2. The highest BCUT2D eigenvalue weighted by Crippen LogP contribution is 1.87. The molecule has 0 aromatic carbocycles. The molecule has 0 aliphatic carbocycles. The van der Waals surface area contributed by atoms with Crippen molar-refractivity contribution in [3.05, 3.63) is 0 Å². The lowest BCUT2D eigenvalue weighted by Crippen LogP contribution is -2.27. The van der Waals surface area contributed by atoms with Crippen LogP contribution in [0.2, 0.25) is 0 Å². The highest BCUT2D eigenvalue weighted by atomic mass is 16.3. The molecule has 50 valence electrons. The van der Waals surface area contributed by atoms with Crippen LogP contribution in [-0.2, 0) is 0 Å². The van der Waals surface area contributed by atoms with E-state index in [1.165, 1.54) is 4.90 Å². The van der Waals surface area contributed by atoms with Crippen LogP contribution in [0.3, 0.4) is 0 Å². The van der Waals surface area contributed by atoms with E-state index >= 15 is 0 Å². The van der Waals surface area contributed by atoms with Gasteiger partial charge >= 0.3 is 0 Å². The second kappa shape index (κ2) is 3.19. The Morgan fingerprint density at radius 2 is 2.89 bits per heavy atom. The van der Waals surface area contributed by atoms with E-state index in [-0.39, 0.29) is 25.8 Å². The number of rotatable bonds is 2. The molecular weight excluding hydrogens is 118 g/mol. The molecule has 4 nitrogen and oxygen atoms in total. The predicted molar refractivity (Wildman–Crippen MR) is 35.6 cm³/mol. The van der Waals surface area contributed by atoms with E-state index in [1.807, 2.05) is 0 Å². The molecule has 1 unspecified atom stereocenters. The highest BCUT2D eigenvalue weighted by molar-refractivity contribution is 5.72. The summed E-state index contributed by atoms with van der Waals surface area (Å²) in [6.45, 7) is -1.03. The number of β-amino-alcohol motifs (C(OH)–C–C–N with tert-alkyl or cyclic N) is 1. The first-order valence-corrected chi connectivity index (χ1v) is 2.54. The van der Waals surface area contributed by atoms with E-state index < -0.39 is 6.64 Å². The summed E-state index contributed by atoms with van der Waals surface area (Å²) in [5.74, 6) is 0. The fourth-order valence-electron chi connectivity index (χ4n) is 0.452. The summed E-state index contributed by atoms with van der Waals surface area (Å²) in [5, 5.41) is 8.56. The molecule has 1 rings (SSSR count). The summed E-state index contributed by atoms with van der Waals surface area (Å²) in [5.41, 5.74) is 0. The van der Waals surface area contributed by atoms with Crippen LogP contribution < -0.4 is 0 Å². The highest BCUT2D eigenvalue weighted by Gasteiger charge is 1.97. The van der Waals surface area contributed by atoms with Gasteiger partial charge in [0.2, 0.25) is 0 Å². The molecule has 0 saturated carbocycles. The van der Waals surface area contributed by atoms with E-state index in [2.05, 4.69) is 9.98 Å². The summed E-state index contributed by atoms with van der Waals surface area (Å²) in [6, 6.07) is 0. The molecule has 1 N–H and O–H groups in total. The molecule has 0 spiro atoms. The molecule has 0 aromatic rings. The summed E-state index contributed by atoms with van der Waals surface area (Å²) < 4.78 is 21.5. The van der Waals surface area contributed by atoms with Crippen LogP contribution in [0.5, 0.6) is 0 Å². The van der Waals surface area contributed by atoms with Gasteiger partial charge in [0.15, 0.2) is 0 Å². The largest absolute Gasteiger partial charge is 0.395 e. The van der Waals surface area contributed by atoms with Crippen molar-refractivity contribution in [2.45, 2.75) is 0 Å². The molecule has 1 aliphatic heterocycles. The van der Waals surface area contributed by atoms with Gasteiger partial charge in [-0.1, -0.05) is 0 Å². The van der Waals surface area contributed by atoms with Crippen LogP contribution in [-0.4, -0.2) is 42.4 Å².